The molecule has 118 valence electrons. The number of anilines is 1. The summed E-state index contributed by atoms with van der Waals surface area (Å²) in [6, 6.07) is 6.18. The lowest BCUT2D eigenvalue weighted by Crippen LogP contribution is -2.33. The van der Waals surface area contributed by atoms with Crippen molar-refractivity contribution in [2.75, 3.05) is 18.0 Å². The highest BCUT2D eigenvalue weighted by Crippen LogP contribution is 2.34. The van der Waals surface area contributed by atoms with Gasteiger partial charge in [0.2, 0.25) is 0 Å². The standard InChI is InChI=1S/C18H20N4S/c1-12-5-8-22(9-6-12)17-15-10-13(2)23-18(15)21-16(20-17)14-4-3-7-19-11-14/h3-4,7,10-12H,5-6,8-9H2,1-2H3. The Morgan fingerprint density at radius 2 is 2.04 bits per heavy atom. The van der Waals surface area contributed by atoms with Crippen LogP contribution in [0, 0.1) is 12.8 Å². The average molecular weight is 324 g/mol. The highest BCUT2D eigenvalue weighted by atomic mass is 32.1. The van der Waals surface area contributed by atoms with Crippen LogP contribution in [0.2, 0.25) is 0 Å². The number of hydrogen-bond donors (Lipinski definition) is 0. The van der Waals surface area contributed by atoms with E-state index >= 15 is 0 Å². The first kappa shape index (κ1) is 14.6. The van der Waals surface area contributed by atoms with Crippen molar-refractivity contribution < 1.29 is 0 Å². The van der Waals surface area contributed by atoms with Crippen LogP contribution in [-0.4, -0.2) is 28.0 Å². The van der Waals surface area contributed by atoms with E-state index in [2.05, 4.69) is 29.8 Å². The number of rotatable bonds is 2. The number of nitrogens with zero attached hydrogens (tertiary/aromatic N) is 4. The third kappa shape index (κ3) is 2.81. The summed E-state index contributed by atoms with van der Waals surface area (Å²) in [6.45, 7) is 6.63. The van der Waals surface area contributed by atoms with Gasteiger partial charge in [-0.15, -0.1) is 11.3 Å². The van der Waals surface area contributed by atoms with Crippen molar-refractivity contribution in [2.45, 2.75) is 26.7 Å². The number of piperidine rings is 1. The van der Waals surface area contributed by atoms with Crippen molar-refractivity contribution in [1.82, 2.24) is 15.0 Å². The van der Waals surface area contributed by atoms with Crippen LogP contribution >= 0.6 is 11.3 Å². The molecular weight excluding hydrogens is 304 g/mol. The van der Waals surface area contributed by atoms with Crippen LogP contribution in [0.5, 0.6) is 0 Å². The van der Waals surface area contributed by atoms with Gasteiger partial charge in [0.25, 0.3) is 0 Å². The Morgan fingerprint density at radius 3 is 2.78 bits per heavy atom. The van der Waals surface area contributed by atoms with Crippen molar-refractivity contribution in [3.05, 3.63) is 35.5 Å². The van der Waals surface area contributed by atoms with Gasteiger partial charge in [-0.25, -0.2) is 9.97 Å². The van der Waals surface area contributed by atoms with Crippen LogP contribution in [0.1, 0.15) is 24.6 Å². The van der Waals surface area contributed by atoms with E-state index in [9.17, 15) is 0 Å². The molecule has 0 radical (unpaired) electrons. The van der Waals surface area contributed by atoms with Gasteiger partial charge in [0.15, 0.2) is 5.82 Å². The summed E-state index contributed by atoms with van der Waals surface area (Å²) in [5.41, 5.74) is 0.979. The van der Waals surface area contributed by atoms with E-state index in [4.69, 9.17) is 9.97 Å². The van der Waals surface area contributed by atoms with E-state index in [1.807, 2.05) is 18.3 Å². The molecule has 0 bridgehead atoms. The Balaban J connectivity index is 1.84. The number of aryl methyl sites for hydroxylation is 1. The molecule has 4 heterocycles. The largest absolute Gasteiger partial charge is 0.356 e. The zero-order valence-corrected chi connectivity index (χ0v) is 14.3. The lowest BCUT2D eigenvalue weighted by Gasteiger charge is -2.31. The number of fused-ring (bicyclic) bond motifs is 1. The topological polar surface area (TPSA) is 41.9 Å². The molecule has 4 rings (SSSR count). The molecule has 0 saturated carbocycles. The Bertz CT molecular complexity index is 820. The first-order chi connectivity index (χ1) is 11.2. The molecule has 0 amide bonds. The van der Waals surface area contributed by atoms with Gasteiger partial charge in [0.1, 0.15) is 10.6 Å². The maximum absolute atomic E-state index is 4.91. The van der Waals surface area contributed by atoms with Crippen molar-refractivity contribution in [3.8, 4) is 11.4 Å². The summed E-state index contributed by atoms with van der Waals surface area (Å²) in [5, 5.41) is 1.19. The van der Waals surface area contributed by atoms with E-state index in [1.165, 1.54) is 23.1 Å². The first-order valence-electron chi connectivity index (χ1n) is 8.14. The summed E-state index contributed by atoms with van der Waals surface area (Å²) >= 11 is 1.74. The Labute approximate surface area is 140 Å². The van der Waals surface area contributed by atoms with Gasteiger partial charge in [-0.2, -0.15) is 0 Å². The summed E-state index contributed by atoms with van der Waals surface area (Å²) in [5.74, 6) is 2.68. The van der Waals surface area contributed by atoms with E-state index in [-0.39, 0.29) is 0 Å². The molecule has 3 aromatic heterocycles. The first-order valence-corrected chi connectivity index (χ1v) is 8.96. The van der Waals surface area contributed by atoms with Gasteiger partial charge in [-0.3, -0.25) is 4.98 Å². The predicted molar refractivity (Wildman–Crippen MR) is 96.0 cm³/mol. The van der Waals surface area contributed by atoms with Gasteiger partial charge in [0, 0.05) is 35.9 Å². The second-order valence-corrected chi connectivity index (χ2v) is 7.59. The number of hydrogen-bond acceptors (Lipinski definition) is 5. The summed E-state index contributed by atoms with van der Waals surface area (Å²) in [4.78, 5) is 18.7. The predicted octanol–water partition coefficient (Wildman–Crippen LogP) is 4.30. The molecule has 3 aromatic rings. The summed E-state index contributed by atoms with van der Waals surface area (Å²) in [7, 11) is 0. The Kier molecular flexibility index (Phi) is 3.73. The molecular formula is C18H20N4S. The minimum atomic E-state index is 0.779. The quantitative estimate of drug-likeness (QED) is 0.705. The average Bonchev–Trinajstić information content (AvgIpc) is 2.96. The summed E-state index contributed by atoms with van der Waals surface area (Å²) in [6.07, 6.45) is 6.08. The lowest BCUT2D eigenvalue weighted by atomic mass is 9.99. The molecule has 1 aliphatic heterocycles. The van der Waals surface area contributed by atoms with Crippen LogP contribution in [0.15, 0.2) is 30.6 Å². The molecule has 4 nitrogen and oxygen atoms in total. The van der Waals surface area contributed by atoms with Crippen LogP contribution < -0.4 is 4.90 Å². The SMILES string of the molecule is Cc1cc2c(N3CCC(C)CC3)nc(-c3cccnc3)nc2s1. The normalized spacial score (nSPS) is 16.2. The van der Waals surface area contributed by atoms with Gasteiger partial charge in [0.05, 0.1) is 5.39 Å². The minimum Gasteiger partial charge on any atom is -0.356 e. The smallest absolute Gasteiger partial charge is 0.164 e. The van der Waals surface area contributed by atoms with Gasteiger partial charge in [-0.1, -0.05) is 6.92 Å². The van der Waals surface area contributed by atoms with Crippen molar-refractivity contribution >= 4 is 27.4 Å². The van der Waals surface area contributed by atoms with Crippen molar-refractivity contribution in [3.63, 3.8) is 0 Å². The fraction of sp³-hybridized carbons (Fsp3) is 0.389. The van der Waals surface area contributed by atoms with Crippen molar-refractivity contribution in [2.24, 2.45) is 5.92 Å². The number of thiophene rings is 1. The Hall–Kier alpha value is -2.01. The monoisotopic (exact) mass is 324 g/mol. The van der Waals surface area contributed by atoms with Crippen LogP contribution in [0.4, 0.5) is 5.82 Å². The molecule has 5 heteroatoms. The van der Waals surface area contributed by atoms with Gasteiger partial charge >= 0.3 is 0 Å². The highest BCUT2D eigenvalue weighted by molar-refractivity contribution is 7.18. The molecule has 0 unspecified atom stereocenters. The molecule has 1 fully saturated rings. The fourth-order valence-corrected chi connectivity index (χ4v) is 3.99. The third-order valence-electron chi connectivity index (χ3n) is 4.50. The van der Waals surface area contributed by atoms with E-state index in [0.717, 1.165) is 41.0 Å². The maximum Gasteiger partial charge on any atom is 0.164 e. The molecule has 0 aromatic carbocycles. The van der Waals surface area contributed by atoms with E-state index < -0.39 is 0 Å². The summed E-state index contributed by atoms with van der Waals surface area (Å²) < 4.78 is 0. The highest BCUT2D eigenvalue weighted by Gasteiger charge is 2.21. The molecule has 0 aliphatic carbocycles. The maximum atomic E-state index is 4.91. The molecule has 0 N–H and O–H groups in total. The van der Waals surface area contributed by atoms with Crippen LogP contribution in [0.3, 0.4) is 0 Å². The van der Waals surface area contributed by atoms with Crippen LogP contribution in [0.25, 0.3) is 21.6 Å². The molecule has 0 atom stereocenters. The third-order valence-corrected chi connectivity index (χ3v) is 5.44. The minimum absolute atomic E-state index is 0.779. The number of pyridine rings is 1. The lowest BCUT2D eigenvalue weighted by molar-refractivity contribution is 0.437. The van der Waals surface area contributed by atoms with Crippen LogP contribution in [-0.2, 0) is 0 Å². The Morgan fingerprint density at radius 1 is 1.22 bits per heavy atom. The zero-order chi connectivity index (χ0) is 15.8. The molecule has 1 aliphatic rings. The van der Waals surface area contributed by atoms with Crippen molar-refractivity contribution in [1.29, 1.82) is 0 Å². The number of aromatic nitrogens is 3. The van der Waals surface area contributed by atoms with E-state index in [1.54, 1.807) is 17.5 Å². The molecule has 0 spiro atoms. The van der Waals surface area contributed by atoms with Gasteiger partial charge < -0.3 is 4.90 Å². The molecule has 23 heavy (non-hydrogen) atoms. The zero-order valence-electron chi connectivity index (χ0n) is 13.5. The fourth-order valence-electron chi connectivity index (χ4n) is 3.11. The second-order valence-electron chi connectivity index (χ2n) is 6.36. The van der Waals surface area contributed by atoms with Gasteiger partial charge in [-0.05, 0) is 43.9 Å². The molecule has 1 saturated heterocycles. The van der Waals surface area contributed by atoms with E-state index in [0.29, 0.717) is 0 Å². The second kappa shape index (κ2) is 5.89.